The molecule has 6 nitrogen and oxygen atoms in total. The first-order chi connectivity index (χ1) is 8.95. The molecule has 0 aliphatic rings. The van der Waals surface area contributed by atoms with Crippen LogP contribution >= 0.6 is 0 Å². The van der Waals surface area contributed by atoms with Gasteiger partial charge in [0.1, 0.15) is 5.82 Å². The Kier molecular flexibility index (Phi) is 5.69. The summed E-state index contributed by atoms with van der Waals surface area (Å²) in [7, 11) is 2.01. The van der Waals surface area contributed by atoms with Crippen molar-refractivity contribution in [1.82, 2.24) is 14.9 Å². The number of carbonyl (C=O) groups is 1. The van der Waals surface area contributed by atoms with Crippen molar-refractivity contribution in [2.24, 2.45) is 0 Å². The van der Waals surface area contributed by atoms with Gasteiger partial charge >= 0.3 is 5.97 Å². The molecule has 19 heavy (non-hydrogen) atoms. The van der Waals surface area contributed by atoms with E-state index in [2.05, 4.69) is 27.1 Å². The predicted molar refractivity (Wildman–Crippen MR) is 74.7 cm³/mol. The molecule has 1 rings (SSSR count). The number of rotatable bonds is 7. The van der Waals surface area contributed by atoms with E-state index in [4.69, 9.17) is 0 Å². The summed E-state index contributed by atoms with van der Waals surface area (Å²) in [5.41, 5.74) is 0.513. The highest BCUT2D eigenvalue weighted by molar-refractivity contribution is 5.91. The van der Waals surface area contributed by atoms with Gasteiger partial charge in [-0.3, -0.25) is 0 Å². The number of hydrogen-bond donors (Lipinski definition) is 2. The van der Waals surface area contributed by atoms with E-state index in [1.54, 1.807) is 6.20 Å². The van der Waals surface area contributed by atoms with Gasteiger partial charge < -0.3 is 15.3 Å². The van der Waals surface area contributed by atoms with Crippen LogP contribution in [0.5, 0.6) is 0 Å². The Morgan fingerprint density at radius 2 is 2.21 bits per heavy atom. The number of nitrogens with one attached hydrogen (secondary N) is 1. The Morgan fingerprint density at radius 1 is 1.53 bits per heavy atom. The largest absolute Gasteiger partial charge is 0.476 e. The Hall–Kier alpha value is -1.69. The minimum absolute atomic E-state index is 0.0397. The SMILES string of the molecule is CCN(C)CCNc1cnc(C(C)C)nc1C(=O)O. The Morgan fingerprint density at radius 3 is 2.74 bits per heavy atom. The fourth-order valence-corrected chi connectivity index (χ4v) is 1.51. The van der Waals surface area contributed by atoms with Gasteiger partial charge in [-0.1, -0.05) is 20.8 Å². The van der Waals surface area contributed by atoms with Gasteiger partial charge in [-0.05, 0) is 13.6 Å². The van der Waals surface area contributed by atoms with Crippen molar-refractivity contribution in [1.29, 1.82) is 0 Å². The predicted octanol–water partition coefficient (Wildman–Crippen LogP) is 1.66. The van der Waals surface area contributed by atoms with Gasteiger partial charge in [-0.25, -0.2) is 14.8 Å². The van der Waals surface area contributed by atoms with Crippen molar-refractivity contribution in [3.63, 3.8) is 0 Å². The van der Waals surface area contributed by atoms with Gasteiger partial charge in [0, 0.05) is 19.0 Å². The smallest absolute Gasteiger partial charge is 0.356 e. The van der Waals surface area contributed by atoms with E-state index in [0.29, 0.717) is 18.1 Å². The summed E-state index contributed by atoms with van der Waals surface area (Å²) in [4.78, 5) is 21.6. The Balaban J connectivity index is 2.79. The van der Waals surface area contributed by atoms with Crippen LogP contribution in [0.2, 0.25) is 0 Å². The Bertz CT molecular complexity index is 435. The zero-order chi connectivity index (χ0) is 14.4. The van der Waals surface area contributed by atoms with Crippen LogP contribution in [-0.4, -0.2) is 52.6 Å². The van der Waals surface area contributed by atoms with E-state index in [1.807, 2.05) is 20.9 Å². The second kappa shape index (κ2) is 7.04. The number of likely N-dealkylation sites (N-methyl/N-ethyl adjacent to an activating group) is 1. The van der Waals surface area contributed by atoms with Crippen molar-refractivity contribution in [2.45, 2.75) is 26.7 Å². The molecule has 0 spiro atoms. The lowest BCUT2D eigenvalue weighted by Crippen LogP contribution is -2.25. The van der Waals surface area contributed by atoms with Crippen LogP contribution in [0.4, 0.5) is 5.69 Å². The molecule has 0 unspecified atom stereocenters. The quantitative estimate of drug-likeness (QED) is 0.781. The molecule has 0 aromatic carbocycles. The molecule has 1 aromatic heterocycles. The lowest BCUT2D eigenvalue weighted by molar-refractivity contribution is 0.0691. The fraction of sp³-hybridized carbons (Fsp3) is 0.615. The third kappa shape index (κ3) is 4.48. The first-order valence-corrected chi connectivity index (χ1v) is 6.48. The van der Waals surface area contributed by atoms with Crippen LogP contribution < -0.4 is 5.32 Å². The number of hydrogen-bond acceptors (Lipinski definition) is 5. The van der Waals surface area contributed by atoms with Crippen LogP contribution in [0, 0.1) is 0 Å². The van der Waals surface area contributed by atoms with Crippen molar-refractivity contribution in [2.75, 3.05) is 32.0 Å². The van der Waals surface area contributed by atoms with E-state index in [-0.39, 0.29) is 11.6 Å². The fourth-order valence-electron chi connectivity index (χ4n) is 1.51. The topological polar surface area (TPSA) is 78.3 Å². The average molecular weight is 266 g/mol. The standard InChI is InChI=1S/C13H22N4O2/c1-5-17(4)7-6-14-10-8-15-12(9(2)3)16-11(10)13(18)19/h8-9,14H,5-7H2,1-4H3,(H,18,19). The molecule has 0 aliphatic carbocycles. The van der Waals surface area contributed by atoms with E-state index in [0.717, 1.165) is 13.1 Å². The maximum atomic E-state index is 11.2. The molecule has 2 N–H and O–H groups in total. The lowest BCUT2D eigenvalue weighted by atomic mass is 10.2. The maximum Gasteiger partial charge on any atom is 0.356 e. The molecule has 0 aliphatic heterocycles. The molecule has 1 heterocycles. The molecule has 0 amide bonds. The zero-order valence-corrected chi connectivity index (χ0v) is 12.0. The van der Waals surface area contributed by atoms with Gasteiger partial charge in [0.25, 0.3) is 0 Å². The van der Waals surface area contributed by atoms with Crippen LogP contribution in [-0.2, 0) is 0 Å². The number of nitrogens with zero attached hydrogens (tertiary/aromatic N) is 3. The normalized spacial score (nSPS) is 11.1. The maximum absolute atomic E-state index is 11.2. The summed E-state index contributed by atoms with van der Waals surface area (Å²) in [5, 5.41) is 12.3. The van der Waals surface area contributed by atoms with E-state index < -0.39 is 5.97 Å². The highest BCUT2D eigenvalue weighted by Crippen LogP contribution is 2.16. The molecule has 0 bridgehead atoms. The third-order valence-corrected chi connectivity index (χ3v) is 2.88. The van der Waals surface area contributed by atoms with E-state index in [9.17, 15) is 9.90 Å². The van der Waals surface area contributed by atoms with Gasteiger partial charge in [0.05, 0.1) is 11.9 Å². The number of aromatic carboxylic acids is 1. The minimum Gasteiger partial charge on any atom is -0.476 e. The zero-order valence-electron chi connectivity index (χ0n) is 12.0. The number of carboxylic acid groups (broad SMARTS) is 1. The van der Waals surface area contributed by atoms with Crippen LogP contribution in [0.15, 0.2) is 6.20 Å². The van der Waals surface area contributed by atoms with Gasteiger partial charge in [-0.15, -0.1) is 0 Å². The van der Waals surface area contributed by atoms with Gasteiger partial charge in [0.2, 0.25) is 0 Å². The van der Waals surface area contributed by atoms with E-state index in [1.165, 1.54) is 0 Å². The molecule has 0 atom stereocenters. The summed E-state index contributed by atoms with van der Waals surface area (Å²) in [5.74, 6) is -0.373. The second-order valence-electron chi connectivity index (χ2n) is 4.77. The molecular weight excluding hydrogens is 244 g/mol. The van der Waals surface area contributed by atoms with E-state index >= 15 is 0 Å². The van der Waals surface area contributed by atoms with Crippen LogP contribution in [0.1, 0.15) is 43.0 Å². The van der Waals surface area contributed by atoms with Gasteiger partial charge in [0.15, 0.2) is 5.69 Å². The number of carboxylic acids is 1. The third-order valence-electron chi connectivity index (χ3n) is 2.88. The molecule has 1 aromatic rings. The molecule has 0 saturated carbocycles. The summed E-state index contributed by atoms with van der Waals surface area (Å²) < 4.78 is 0. The molecule has 6 heteroatoms. The average Bonchev–Trinajstić information content (AvgIpc) is 2.38. The summed E-state index contributed by atoms with van der Waals surface area (Å²) in [6, 6.07) is 0. The number of anilines is 1. The highest BCUT2D eigenvalue weighted by atomic mass is 16.4. The summed E-state index contributed by atoms with van der Waals surface area (Å²) in [6.07, 6.45) is 1.55. The monoisotopic (exact) mass is 266 g/mol. The van der Waals surface area contributed by atoms with Crippen molar-refractivity contribution >= 4 is 11.7 Å². The summed E-state index contributed by atoms with van der Waals surface area (Å²) in [6.45, 7) is 8.39. The Labute approximate surface area is 113 Å². The molecular formula is C13H22N4O2. The van der Waals surface area contributed by atoms with Crippen molar-refractivity contribution < 1.29 is 9.90 Å². The highest BCUT2D eigenvalue weighted by Gasteiger charge is 2.15. The lowest BCUT2D eigenvalue weighted by Gasteiger charge is -2.15. The molecule has 0 saturated heterocycles. The van der Waals surface area contributed by atoms with Crippen molar-refractivity contribution in [3.05, 3.63) is 17.7 Å². The van der Waals surface area contributed by atoms with Crippen molar-refractivity contribution in [3.8, 4) is 0 Å². The first-order valence-electron chi connectivity index (χ1n) is 6.48. The van der Waals surface area contributed by atoms with Crippen LogP contribution in [0.3, 0.4) is 0 Å². The molecule has 0 radical (unpaired) electrons. The van der Waals surface area contributed by atoms with Crippen LogP contribution in [0.25, 0.3) is 0 Å². The minimum atomic E-state index is -1.03. The summed E-state index contributed by atoms with van der Waals surface area (Å²) >= 11 is 0. The second-order valence-corrected chi connectivity index (χ2v) is 4.77. The first kappa shape index (κ1) is 15.4. The molecule has 106 valence electrons. The number of aromatic nitrogens is 2. The molecule has 0 fully saturated rings. The van der Waals surface area contributed by atoms with Gasteiger partial charge in [-0.2, -0.15) is 0 Å².